The van der Waals surface area contributed by atoms with Gasteiger partial charge in [0.25, 0.3) is 0 Å². The average molecular weight is 252 g/mol. The minimum absolute atomic E-state index is 0.205. The Kier molecular flexibility index (Phi) is 3.79. The normalized spacial score (nSPS) is 11.7. The molecule has 90 valence electrons. The third-order valence-corrected chi connectivity index (χ3v) is 3.17. The Labute approximate surface area is 90.9 Å². The number of aliphatic hydroxyl groups is 1. The molecule has 1 aromatic carbocycles. The summed E-state index contributed by atoms with van der Waals surface area (Å²) in [5, 5.41) is 8.44. The third-order valence-electron chi connectivity index (χ3n) is 1.71. The Morgan fingerprint density at radius 1 is 1.38 bits per heavy atom. The molecule has 0 saturated carbocycles. The molecule has 0 spiro atoms. The highest BCUT2D eigenvalue weighted by Crippen LogP contribution is 2.20. The van der Waals surface area contributed by atoms with Gasteiger partial charge in [0, 0.05) is 12.2 Å². The monoisotopic (exact) mass is 252 g/mol. The molecule has 0 saturated heterocycles. The largest absolute Gasteiger partial charge is 0.399 e. The maximum Gasteiger partial charge on any atom is 0.243 e. The number of sulfonamides is 1. The van der Waals surface area contributed by atoms with Crippen LogP contribution in [0.25, 0.3) is 0 Å². The predicted molar refractivity (Wildman–Crippen MR) is 53.0 cm³/mol. The Balaban J connectivity index is 3.22. The van der Waals surface area contributed by atoms with Crippen LogP contribution in [-0.2, 0) is 10.0 Å². The van der Waals surface area contributed by atoms with Crippen molar-refractivity contribution < 1.29 is 22.3 Å². The van der Waals surface area contributed by atoms with Crippen molar-refractivity contribution in [2.75, 3.05) is 18.9 Å². The summed E-state index contributed by atoms with van der Waals surface area (Å²) < 4.78 is 50.8. The van der Waals surface area contributed by atoms with E-state index in [1.807, 2.05) is 4.72 Å². The Bertz CT molecular complexity index is 490. The lowest BCUT2D eigenvalue weighted by Gasteiger charge is -2.07. The molecule has 5 nitrogen and oxygen atoms in total. The van der Waals surface area contributed by atoms with Crippen molar-refractivity contribution in [1.29, 1.82) is 0 Å². The summed E-state index contributed by atoms with van der Waals surface area (Å²) in [5.74, 6) is -2.84. The first kappa shape index (κ1) is 12.8. The first-order chi connectivity index (χ1) is 7.38. The van der Waals surface area contributed by atoms with Gasteiger partial charge >= 0.3 is 0 Å². The molecule has 16 heavy (non-hydrogen) atoms. The molecular formula is C8H10F2N2O3S. The minimum atomic E-state index is -4.20. The van der Waals surface area contributed by atoms with Gasteiger partial charge in [-0.05, 0) is 12.1 Å². The summed E-state index contributed by atoms with van der Waals surface area (Å²) in [6, 6.07) is 1.48. The maximum absolute atomic E-state index is 13.2. The highest BCUT2D eigenvalue weighted by atomic mass is 32.2. The topological polar surface area (TPSA) is 92.4 Å². The molecule has 1 rings (SSSR count). The number of anilines is 1. The summed E-state index contributed by atoms with van der Waals surface area (Å²) in [6.07, 6.45) is 0. The van der Waals surface area contributed by atoms with Crippen molar-refractivity contribution in [3.63, 3.8) is 0 Å². The SMILES string of the molecule is Nc1cc(F)c(F)c(S(=O)(=O)NCCO)c1. The fourth-order valence-corrected chi connectivity index (χ4v) is 2.18. The first-order valence-corrected chi connectivity index (χ1v) is 5.72. The van der Waals surface area contributed by atoms with E-state index < -0.39 is 33.2 Å². The molecule has 0 aliphatic carbocycles. The van der Waals surface area contributed by atoms with E-state index >= 15 is 0 Å². The molecule has 4 N–H and O–H groups in total. The van der Waals surface area contributed by atoms with Gasteiger partial charge < -0.3 is 10.8 Å². The summed E-state index contributed by atoms with van der Waals surface area (Å²) in [7, 11) is -4.20. The fourth-order valence-electron chi connectivity index (χ4n) is 1.04. The zero-order valence-electron chi connectivity index (χ0n) is 8.07. The van der Waals surface area contributed by atoms with Crippen molar-refractivity contribution in [1.82, 2.24) is 4.72 Å². The second-order valence-electron chi connectivity index (χ2n) is 2.94. The van der Waals surface area contributed by atoms with Gasteiger partial charge in [0.05, 0.1) is 6.61 Å². The summed E-state index contributed by atoms with van der Waals surface area (Å²) in [6.45, 7) is -0.746. The number of nitrogen functional groups attached to an aromatic ring is 1. The van der Waals surface area contributed by atoms with Gasteiger partial charge in [-0.25, -0.2) is 21.9 Å². The van der Waals surface area contributed by atoms with Gasteiger partial charge in [-0.1, -0.05) is 0 Å². The lowest BCUT2D eigenvalue weighted by Crippen LogP contribution is -2.27. The highest BCUT2D eigenvalue weighted by Gasteiger charge is 2.22. The van der Waals surface area contributed by atoms with Crippen LogP contribution in [0.2, 0.25) is 0 Å². The van der Waals surface area contributed by atoms with E-state index in [1.165, 1.54) is 0 Å². The van der Waals surface area contributed by atoms with Crippen molar-refractivity contribution in [3.8, 4) is 0 Å². The van der Waals surface area contributed by atoms with Crippen LogP contribution in [0, 0.1) is 11.6 Å². The number of rotatable bonds is 4. The van der Waals surface area contributed by atoms with Crippen LogP contribution < -0.4 is 10.5 Å². The fraction of sp³-hybridized carbons (Fsp3) is 0.250. The molecular weight excluding hydrogens is 242 g/mol. The van der Waals surface area contributed by atoms with Gasteiger partial charge in [-0.15, -0.1) is 0 Å². The smallest absolute Gasteiger partial charge is 0.243 e. The lowest BCUT2D eigenvalue weighted by atomic mass is 10.3. The molecule has 0 aliphatic rings. The van der Waals surface area contributed by atoms with Crippen LogP contribution in [-0.4, -0.2) is 26.7 Å². The first-order valence-electron chi connectivity index (χ1n) is 4.23. The van der Waals surface area contributed by atoms with Crippen LogP contribution in [0.4, 0.5) is 14.5 Å². The molecule has 0 bridgehead atoms. The third kappa shape index (κ3) is 2.65. The van der Waals surface area contributed by atoms with Gasteiger partial charge in [-0.3, -0.25) is 0 Å². The molecule has 0 unspecified atom stereocenters. The van der Waals surface area contributed by atoms with Crippen LogP contribution in [0.5, 0.6) is 0 Å². The van der Waals surface area contributed by atoms with Crippen molar-refractivity contribution in [2.45, 2.75) is 4.90 Å². The summed E-state index contributed by atoms with van der Waals surface area (Å²) in [5.41, 5.74) is 5.00. The maximum atomic E-state index is 13.2. The number of hydrogen-bond acceptors (Lipinski definition) is 4. The summed E-state index contributed by atoms with van der Waals surface area (Å²) in [4.78, 5) is -0.876. The second-order valence-corrected chi connectivity index (χ2v) is 4.67. The Morgan fingerprint density at radius 3 is 2.56 bits per heavy atom. The van der Waals surface area contributed by atoms with E-state index in [4.69, 9.17) is 10.8 Å². The number of benzene rings is 1. The summed E-state index contributed by atoms with van der Waals surface area (Å²) >= 11 is 0. The van der Waals surface area contributed by atoms with Gasteiger partial charge in [0.15, 0.2) is 11.6 Å². The Hall–Kier alpha value is -1.25. The van der Waals surface area contributed by atoms with Crippen LogP contribution in [0.3, 0.4) is 0 Å². The van der Waals surface area contributed by atoms with Crippen LogP contribution in [0.15, 0.2) is 17.0 Å². The standard InChI is InChI=1S/C8H10F2N2O3S/c9-6-3-5(11)4-7(8(6)10)16(14,15)12-1-2-13/h3-4,12-13H,1-2,11H2. The van der Waals surface area contributed by atoms with Crippen molar-refractivity contribution in [3.05, 3.63) is 23.8 Å². The quantitative estimate of drug-likeness (QED) is 0.648. The molecule has 1 aromatic rings. The second kappa shape index (κ2) is 4.73. The van der Waals surface area contributed by atoms with E-state index in [9.17, 15) is 17.2 Å². The Morgan fingerprint density at radius 2 is 2.00 bits per heavy atom. The number of aliphatic hydroxyl groups excluding tert-OH is 1. The zero-order valence-corrected chi connectivity index (χ0v) is 8.89. The van der Waals surface area contributed by atoms with Crippen molar-refractivity contribution >= 4 is 15.7 Å². The predicted octanol–water partition coefficient (Wildman–Crippen LogP) is -0.182. The molecule has 0 heterocycles. The number of nitrogens with two attached hydrogens (primary N) is 1. The van der Waals surface area contributed by atoms with Crippen LogP contribution >= 0.6 is 0 Å². The minimum Gasteiger partial charge on any atom is -0.399 e. The number of nitrogens with one attached hydrogen (secondary N) is 1. The van der Waals surface area contributed by atoms with Crippen molar-refractivity contribution in [2.24, 2.45) is 0 Å². The number of halogens is 2. The number of hydrogen-bond donors (Lipinski definition) is 3. The molecule has 8 heteroatoms. The van der Waals surface area contributed by atoms with Gasteiger partial charge in [0.1, 0.15) is 4.90 Å². The molecule has 0 fully saturated rings. The average Bonchev–Trinajstić information content (AvgIpc) is 2.20. The van der Waals surface area contributed by atoms with E-state index in [0.29, 0.717) is 6.07 Å². The molecule has 0 atom stereocenters. The van der Waals surface area contributed by atoms with Crippen LogP contribution in [0.1, 0.15) is 0 Å². The molecule has 0 radical (unpaired) electrons. The van der Waals surface area contributed by atoms with Gasteiger partial charge in [0.2, 0.25) is 10.0 Å². The van der Waals surface area contributed by atoms with E-state index in [-0.39, 0.29) is 12.2 Å². The highest BCUT2D eigenvalue weighted by molar-refractivity contribution is 7.89. The van der Waals surface area contributed by atoms with E-state index in [1.54, 1.807) is 0 Å². The molecule has 0 amide bonds. The lowest BCUT2D eigenvalue weighted by molar-refractivity contribution is 0.301. The van der Waals surface area contributed by atoms with Gasteiger partial charge in [-0.2, -0.15) is 0 Å². The van der Waals surface area contributed by atoms with E-state index in [2.05, 4.69) is 0 Å². The zero-order chi connectivity index (χ0) is 12.3. The molecule has 0 aromatic heterocycles. The molecule has 0 aliphatic heterocycles. The van der Waals surface area contributed by atoms with E-state index in [0.717, 1.165) is 6.07 Å².